The molecule has 3 aliphatic rings. The Morgan fingerprint density at radius 2 is 1.61 bits per heavy atom. The van der Waals surface area contributed by atoms with Gasteiger partial charge >= 0.3 is 6.09 Å². The van der Waals surface area contributed by atoms with Crippen LogP contribution in [0.15, 0.2) is 71.1 Å². The second kappa shape index (κ2) is 9.10. The number of piperidine rings is 1. The molecule has 0 N–H and O–H groups in total. The molecule has 4 aromatic rings. The molecule has 7 heteroatoms. The highest BCUT2D eigenvalue weighted by Gasteiger charge is 2.45. The molecule has 2 atom stereocenters. The van der Waals surface area contributed by atoms with Gasteiger partial charge in [-0.25, -0.2) is 9.78 Å². The Hall–Kier alpha value is -3.97. The summed E-state index contributed by atoms with van der Waals surface area (Å²) in [5.41, 5.74) is 6.76. The number of benzene rings is 3. The van der Waals surface area contributed by atoms with E-state index in [0.717, 1.165) is 5.52 Å². The maximum absolute atomic E-state index is 13.5. The van der Waals surface area contributed by atoms with Crippen LogP contribution < -0.4 is 0 Å². The van der Waals surface area contributed by atoms with E-state index in [9.17, 15) is 9.59 Å². The zero-order chi connectivity index (χ0) is 25.8. The molecule has 7 rings (SSSR count). The number of Topliss-reactive ketones (excluding diaryl/α,β-unsaturated/α-hetero) is 1. The highest BCUT2D eigenvalue weighted by Crippen LogP contribution is 2.45. The Balaban J connectivity index is 1.06. The van der Waals surface area contributed by atoms with E-state index in [2.05, 4.69) is 29.2 Å². The van der Waals surface area contributed by atoms with Crippen LogP contribution >= 0.6 is 0 Å². The molecule has 38 heavy (non-hydrogen) atoms. The largest absolute Gasteiger partial charge is 0.448 e. The predicted molar refractivity (Wildman–Crippen MR) is 141 cm³/mol. The average molecular weight is 509 g/mol. The SMILES string of the molecule is Cc1nc2ccc(C(=O)C3CC4COCC(C3)N4C(=O)OCC3c4ccccc4-c4ccccc43)cc2o1. The molecule has 2 unspecified atom stereocenters. The summed E-state index contributed by atoms with van der Waals surface area (Å²) in [5.74, 6) is 0.474. The van der Waals surface area contributed by atoms with Gasteiger partial charge in [-0.3, -0.25) is 9.69 Å². The fraction of sp³-hybridized carbons (Fsp3) is 0.323. The number of carbonyl (C=O) groups is 2. The van der Waals surface area contributed by atoms with Crippen LogP contribution in [0, 0.1) is 12.8 Å². The average Bonchev–Trinajstić information content (AvgIpc) is 3.46. The van der Waals surface area contributed by atoms with Gasteiger partial charge in [0, 0.05) is 24.3 Å². The monoisotopic (exact) mass is 508 g/mol. The Morgan fingerprint density at radius 1 is 0.947 bits per heavy atom. The molecule has 1 aromatic heterocycles. The highest BCUT2D eigenvalue weighted by molar-refractivity contribution is 6.00. The lowest BCUT2D eigenvalue weighted by atomic mass is 9.81. The van der Waals surface area contributed by atoms with Gasteiger partial charge in [-0.15, -0.1) is 0 Å². The van der Waals surface area contributed by atoms with Crippen molar-refractivity contribution in [2.24, 2.45) is 5.92 Å². The first-order valence-electron chi connectivity index (χ1n) is 13.2. The number of rotatable bonds is 4. The number of nitrogens with zero attached hydrogens (tertiary/aromatic N) is 2. The van der Waals surface area contributed by atoms with Gasteiger partial charge in [-0.2, -0.15) is 0 Å². The van der Waals surface area contributed by atoms with Crippen molar-refractivity contribution in [3.8, 4) is 11.1 Å². The predicted octanol–water partition coefficient (Wildman–Crippen LogP) is 5.75. The molecule has 3 aromatic carbocycles. The number of aromatic nitrogens is 1. The Kier molecular flexibility index (Phi) is 5.55. The zero-order valence-corrected chi connectivity index (χ0v) is 21.1. The maximum atomic E-state index is 13.5. The highest BCUT2D eigenvalue weighted by atomic mass is 16.6. The number of oxazole rings is 1. The molecule has 7 nitrogen and oxygen atoms in total. The van der Waals surface area contributed by atoms with E-state index in [0.29, 0.717) is 43.1 Å². The van der Waals surface area contributed by atoms with Gasteiger partial charge < -0.3 is 13.9 Å². The van der Waals surface area contributed by atoms with Gasteiger partial charge in [0.1, 0.15) is 12.1 Å². The van der Waals surface area contributed by atoms with Gasteiger partial charge in [0.05, 0.1) is 25.3 Å². The van der Waals surface area contributed by atoms with Crippen LogP contribution in [0.4, 0.5) is 4.79 Å². The molecule has 3 heterocycles. The van der Waals surface area contributed by atoms with Gasteiger partial charge in [-0.05, 0) is 53.3 Å². The van der Waals surface area contributed by atoms with Crippen molar-refractivity contribution in [2.45, 2.75) is 37.8 Å². The van der Waals surface area contributed by atoms with Crippen molar-refractivity contribution in [1.29, 1.82) is 0 Å². The summed E-state index contributed by atoms with van der Waals surface area (Å²) in [4.78, 5) is 33.0. The summed E-state index contributed by atoms with van der Waals surface area (Å²) in [6.07, 6.45) is 0.773. The maximum Gasteiger partial charge on any atom is 0.410 e. The first kappa shape index (κ1) is 23.2. The fourth-order valence-electron chi connectivity index (χ4n) is 6.52. The van der Waals surface area contributed by atoms with Crippen LogP contribution in [-0.4, -0.2) is 53.7 Å². The van der Waals surface area contributed by atoms with Crippen LogP contribution in [0.1, 0.15) is 46.1 Å². The number of ketones is 1. The summed E-state index contributed by atoms with van der Waals surface area (Å²) in [6, 6.07) is 21.7. The quantitative estimate of drug-likeness (QED) is 0.327. The number of hydrogen-bond donors (Lipinski definition) is 0. The summed E-state index contributed by atoms with van der Waals surface area (Å²) in [6.45, 7) is 2.89. The lowest BCUT2D eigenvalue weighted by molar-refractivity contribution is -0.0747. The molecule has 1 amide bonds. The van der Waals surface area contributed by atoms with Crippen LogP contribution in [0.2, 0.25) is 0 Å². The molecular weight excluding hydrogens is 480 g/mol. The van der Waals surface area contributed by atoms with Gasteiger partial charge in [0.25, 0.3) is 0 Å². The van der Waals surface area contributed by atoms with Crippen molar-refractivity contribution in [3.63, 3.8) is 0 Å². The minimum absolute atomic E-state index is 0.0104. The van der Waals surface area contributed by atoms with Crippen LogP contribution in [0.5, 0.6) is 0 Å². The Labute approximate surface area is 220 Å². The molecule has 2 bridgehead atoms. The van der Waals surface area contributed by atoms with E-state index in [1.165, 1.54) is 22.3 Å². The van der Waals surface area contributed by atoms with Gasteiger partial charge in [0.15, 0.2) is 17.3 Å². The molecule has 2 saturated heterocycles. The van der Waals surface area contributed by atoms with E-state index < -0.39 is 0 Å². The first-order valence-corrected chi connectivity index (χ1v) is 13.2. The summed E-state index contributed by atoms with van der Waals surface area (Å²) in [5, 5.41) is 0. The molecular formula is C31H28N2O5. The summed E-state index contributed by atoms with van der Waals surface area (Å²) >= 11 is 0. The molecule has 0 radical (unpaired) electrons. The minimum Gasteiger partial charge on any atom is -0.448 e. The van der Waals surface area contributed by atoms with E-state index in [4.69, 9.17) is 13.9 Å². The molecule has 0 saturated carbocycles. The van der Waals surface area contributed by atoms with Crippen molar-refractivity contribution in [3.05, 3.63) is 89.3 Å². The second-order valence-electron chi connectivity index (χ2n) is 10.5. The van der Waals surface area contributed by atoms with Crippen molar-refractivity contribution in [2.75, 3.05) is 19.8 Å². The zero-order valence-electron chi connectivity index (χ0n) is 21.1. The number of hydrogen-bond acceptors (Lipinski definition) is 6. The normalized spacial score (nSPS) is 22.2. The van der Waals surface area contributed by atoms with Crippen LogP contribution in [0.3, 0.4) is 0 Å². The Morgan fingerprint density at radius 3 is 2.29 bits per heavy atom. The van der Waals surface area contributed by atoms with Gasteiger partial charge in [-0.1, -0.05) is 48.5 Å². The minimum atomic E-state index is -0.324. The lowest BCUT2D eigenvalue weighted by Crippen LogP contribution is -2.60. The van der Waals surface area contributed by atoms with E-state index >= 15 is 0 Å². The molecule has 192 valence electrons. The van der Waals surface area contributed by atoms with Crippen molar-refractivity contribution in [1.82, 2.24) is 9.88 Å². The smallest absolute Gasteiger partial charge is 0.410 e. The molecule has 0 spiro atoms. The lowest BCUT2D eigenvalue weighted by Gasteiger charge is -2.47. The number of carbonyl (C=O) groups excluding carboxylic acids is 2. The number of ether oxygens (including phenoxy) is 2. The van der Waals surface area contributed by atoms with Crippen molar-refractivity contribution >= 4 is 23.0 Å². The fourth-order valence-corrected chi connectivity index (χ4v) is 6.52. The standard InChI is InChI=1S/C31H28N2O5/c1-18-32-28-11-10-19(14-29(28)38-18)30(34)20-12-21-15-36-16-22(13-20)33(21)31(35)37-17-27-25-8-4-2-6-23(25)24-7-3-5-9-26(24)27/h2-11,14,20-22,27H,12-13,15-17H2,1H3. The van der Waals surface area contributed by atoms with E-state index in [1.807, 2.05) is 41.3 Å². The number of amides is 1. The number of morpholine rings is 1. The topological polar surface area (TPSA) is 81.9 Å². The van der Waals surface area contributed by atoms with Gasteiger partial charge in [0.2, 0.25) is 0 Å². The Bertz CT molecular complexity index is 1500. The van der Waals surface area contributed by atoms with Crippen LogP contribution in [0.25, 0.3) is 22.2 Å². The molecule has 1 aliphatic carbocycles. The van der Waals surface area contributed by atoms with Crippen molar-refractivity contribution < 1.29 is 23.5 Å². The molecule has 2 aliphatic heterocycles. The third kappa shape index (κ3) is 3.80. The first-order chi connectivity index (χ1) is 18.6. The molecule has 2 fully saturated rings. The number of aryl methyl sites for hydroxylation is 1. The summed E-state index contributed by atoms with van der Waals surface area (Å²) in [7, 11) is 0. The third-order valence-corrected chi connectivity index (χ3v) is 8.22. The van der Waals surface area contributed by atoms with E-state index in [-0.39, 0.29) is 42.4 Å². The second-order valence-corrected chi connectivity index (χ2v) is 10.5. The van der Waals surface area contributed by atoms with Crippen LogP contribution in [-0.2, 0) is 9.47 Å². The third-order valence-electron chi connectivity index (χ3n) is 8.22. The summed E-state index contributed by atoms with van der Waals surface area (Å²) < 4.78 is 17.4. The van der Waals surface area contributed by atoms with E-state index in [1.54, 1.807) is 13.0 Å². The number of fused-ring (bicyclic) bond motifs is 6.